The maximum absolute atomic E-state index is 11.1. The number of hydrogen-bond acceptors (Lipinski definition) is 1. The zero-order valence-corrected chi connectivity index (χ0v) is 10.8. The van der Waals surface area contributed by atoms with Crippen LogP contribution in [0.5, 0.6) is 0 Å². The van der Waals surface area contributed by atoms with Crippen LogP contribution in [0.2, 0.25) is 5.02 Å². The van der Waals surface area contributed by atoms with E-state index in [1.165, 1.54) is 6.92 Å². The number of ketones is 1. The van der Waals surface area contributed by atoms with Crippen molar-refractivity contribution in [3.05, 3.63) is 33.3 Å². The number of hydrogen-bond donors (Lipinski definition) is 0. The Bertz CT molecular complexity index is 338. The van der Waals surface area contributed by atoms with Gasteiger partial charge >= 0.3 is 0 Å². The number of carbonyl (C=O) groups excluding carboxylic acids is 1. The SMILES string of the molecule is CC(=O)C(Br)c1ccc(Br)cc1Cl. The van der Waals surface area contributed by atoms with Crippen LogP contribution in [0, 0.1) is 0 Å². The molecule has 0 N–H and O–H groups in total. The first-order chi connectivity index (χ1) is 6.02. The van der Waals surface area contributed by atoms with Crippen molar-refractivity contribution >= 4 is 49.2 Å². The molecule has 1 nitrogen and oxygen atoms in total. The van der Waals surface area contributed by atoms with Gasteiger partial charge in [0.2, 0.25) is 0 Å². The molecule has 4 heteroatoms. The quantitative estimate of drug-likeness (QED) is 0.747. The van der Waals surface area contributed by atoms with Crippen molar-refractivity contribution in [1.82, 2.24) is 0 Å². The van der Waals surface area contributed by atoms with Crippen LogP contribution in [0.1, 0.15) is 17.3 Å². The average Bonchev–Trinajstić information content (AvgIpc) is 2.03. The van der Waals surface area contributed by atoms with Crippen LogP contribution < -0.4 is 0 Å². The minimum atomic E-state index is -0.312. The molecule has 1 rings (SSSR count). The topological polar surface area (TPSA) is 17.1 Å². The highest BCUT2D eigenvalue weighted by atomic mass is 79.9. The molecule has 0 aliphatic rings. The van der Waals surface area contributed by atoms with Crippen LogP contribution in [0.3, 0.4) is 0 Å². The second-order valence-corrected chi connectivity index (χ2v) is 4.88. The van der Waals surface area contributed by atoms with E-state index in [1.54, 1.807) is 6.07 Å². The van der Waals surface area contributed by atoms with Gasteiger partial charge < -0.3 is 0 Å². The van der Waals surface area contributed by atoms with Gasteiger partial charge in [-0.15, -0.1) is 0 Å². The molecule has 0 saturated heterocycles. The van der Waals surface area contributed by atoms with E-state index in [0.29, 0.717) is 5.02 Å². The van der Waals surface area contributed by atoms with E-state index in [2.05, 4.69) is 31.9 Å². The lowest BCUT2D eigenvalue weighted by molar-refractivity contribution is -0.116. The molecule has 0 amide bonds. The smallest absolute Gasteiger partial charge is 0.147 e. The second kappa shape index (κ2) is 4.58. The normalized spacial score (nSPS) is 12.6. The molecule has 1 unspecified atom stereocenters. The summed E-state index contributed by atoms with van der Waals surface area (Å²) < 4.78 is 0.907. The van der Waals surface area contributed by atoms with E-state index in [9.17, 15) is 4.79 Å². The van der Waals surface area contributed by atoms with Crippen molar-refractivity contribution in [2.45, 2.75) is 11.8 Å². The minimum absolute atomic E-state index is 0.0456. The molecular formula is C9H7Br2ClO. The predicted octanol–water partition coefficient (Wildman–Crippen LogP) is 4.13. The first-order valence-corrected chi connectivity index (χ1v) is 5.70. The summed E-state index contributed by atoms with van der Waals surface area (Å²) in [5.41, 5.74) is 0.803. The molecule has 1 aromatic rings. The molecule has 0 aliphatic heterocycles. The third-order valence-corrected chi connectivity index (χ3v) is 3.55. The number of alkyl halides is 1. The molecule has 0 fully saturated rings. The zero-order valence-electron chi connectivity index (χ0n) is 6.85. The Hall–Kier alpha value is 0.140. The average molecular weight is 326 g/mol. The van der Waals surface area contributed by atoms with E-state index in [4.69, 9.17) is 11.6 Å². The molecule has 13 heavy (non-hydrogen) atoms. The molecule has 0 heterocycles. The molecule has 0 saturated carbocycles. The first kappa shape index (κ1) is 11.2. The highest BCUT2D eigenvalue weighted by molar-refractivity contribution is 9.10. The van der Waals surface area contributed by atoms with Crippen molar-refractivity contribution in [1.29, 1.82) is 0 Å². The van der Waals surface area contributed by atoms with Gasteiger partial charge in [-0.25, -0.2) is 0 Å². The fourth-order valence-corrected chi connectivity index (χ4v) is 2.24. The fraction of sp³-hybridized carbons (Fsp3) is 0.222. The molecule has 0 radical (unpaired) electrons. The lowest BCUT2D eigenvalue weighted by Gasteiger charge is -2.08. The largest absolute Gasteiger partial charge is 0.298 e. The van der Waals surface area contributed by atoms with Crippen molar-refractivity contribution in [3.8, 4) is 0 Å². The lowest BCUT2D eigenvalue weighted by atomic mass is 10.1. The number of benzene rings is 1. The second-order valence-electron chi connectivity index (χ2n) is 2.64. The van der Waals surface area contributed by atoms with Gasteiger partial charge in [0.05, 0.1) is 4.83 Å². The zero-order chi connectivity index (χ0) is 10.0. The van der Waals surface area contributed by atoms with Gasteiger partial charge in [0.15, 0.2) is 0 Å². The third kappa shape index (κ3) is 2.79. The van der Waals surface area contributed by atoms with Crippen LogP contribution in [0.4, 0.5) is 0 Å². The van der Waals surface area contributed by atoms with Gasteiger partial charge in [-0.05, 0) is 24.6 Å². The molecular weight excluding hydrogens is 319 g/mol. The van der Waals surface area contributed by atoms with Crippen molar-refractivity contribution < 1.29 is 4.79 Å². The van der Waals surface area contributed by atoms with E-state index in [-0.39, 0.29) is 10.6 Å². The number of Topliss-reactive ketones (excluding diaryl/α,β-unsaturated/α-hetero) is 1. The maximum Gasteiger partial charge on any atom is 0.147 e. The van der Waals surface area contributed by atoms with Gasteiger partial charge in [-0.3, -0.25) is 4.79 Å². The Morgan fingerprint density at radius 3 is 2.62 bits per heavy atom. The summed E-state index contributed by atoms with van der Waals surface area (Å²) in [5, 5.41) is 0.589. The number of halogens is 3. The molecule has 70 valence electrons. The Labute approximate surface area is 98.7 Å². The monoisotopic (exact) mass is 324 g/mol. The van der Waals surface area contributed by atoms with Gasteiger partial charge in [0.1, 0.15) is 5.78 Å². The molecule has 0 bridgehead atoms. The van der Waals surface area contributed by atoms with E-state index in [1.807, 2.05) is 12.1 Å². The highest BCUT2D eigenvalue weighted by Gasteiger charge is 2.15. The molecule has 0 spiro atoms. The molecule has 0 aromatic heterocycles. The van der Waals surface area contributed by atoms with Crippen LogP contribution in [-0.2, 0) is 4.79 Å². The Kier molecular flexibility index (Phi) is 3.95. The Morgan fingerprint density at radius 2 is 2.15 bits per heavy atom. The van der Waals surface area contributed by atoms with Gasteiger partial charge in [-0.1, -0.05) is 49.5 Å². The Morgan fingerprint density at radius 1 is 1.54 bits per heavy atom. The molecule has 1 aromatic carbocycles. The number of carbonyl (C=O) groups is 1. The highest BCUT2D eigenvalue weighted by Crippen LogP contribution is 2.31. The fourth-order valence-electron chi connectivity index (χ4n) is 0.926. The summed E-state index contributed by atoms with van der Waals surface area (Å²) in [5.74, 6) is 0.0456. The maximum atomic E-state index is 11.1. The summed E-state index contributed by atoms with van der Waals surface area (Å²) >= 11 is 12.5. The van der Waals surface area contributed by atoms with Crippen LogP contribution in [0.15, 0.2) is 22.7 Å². The summed E-state index contributed by atoms with van der Waals surface area (Å²) in [6.07, 6.45) is 0. The summed E-state index contributed by atoms with van der Waals surface area (Å²) in [6, 6.07) is 5.46. The first-order valence-electron chi connectivity index (χ1n) is 3.62. The third-order valence-electron chi connectivity index (χ3n) is 1.59. The standard InChI is InChI=1S/C9H7Br2ClO/c1-5(13)9(11)7-3-2-6(10)4-8(7)12/h2-4,9H,1H3. The van der Waals surface area contributed by atoms with Gasteiger partial charge in [0, 0.05) is 9.50 Å². The van der Waals surface area contributed by atoms with Gasteiger partial charge in [0.25, 0.3) is 0 Å². The van der Waals surface area contributed by atoms with Gasteiger partial charge in [-0.2, -0.15) is 0 Å². The van der Waals surface area contributed by atoms with E-state index < -0.39 is 0 Å². The van der Waals surface area contributed by atoms with Crippen LogP contribution in [-0.4, -0.2) is 5.78 Å². The summed E-state index contributed by atoms with van der Waals surface area (Å²) in [6.45, 7) is 1.53. The lowest BCUT2D eigenvalue weighted by Crippen LogP contribution is -2.01. The summed E-state index contributed by atoms with van der Waals surface area (Å²) in [4.78, 5) is 10.8. The van der Waals surface area contributed by atoms with Crippen LogP contribution in [0.25, 0.3) is 0 Å². The summed E-state index contributed by atoms with van der Waals surface area (Å²) in [7, 11) is 0. The van der Waals surface area contributed by atoms with E-state index in [0.717, 1.165) is 10.0 Å². The Balaban J connectivity index is 3.08. The van der Waals surface area contributed by atoms with Crippen molar-refractivity contribution in [2.75, 3.05) is 0 Å². The molecule has 1 atom stereocenters. The van der Waals surface area contributed by atoms with Crippen molar-refractivity contribution in [3.63, 3.8) is 0 Å². The molecule has 0 aliphatic carbocycles. The van der Waals surface area contributed by atoms with Crippen LogP contribution >= 0.6 is 43.5 Å². The minimum Gasteiger partial charge on any atom is -0.298 e. The van der Waals surface area contributed by atoms with E-state index >= 15 is 0 Å². The van der Waals surface area contributed by atoms with Crippen molar-refractivity contribution in [2.24, 2.45) is 0 Å². The number of rotatable bonds is 2. The predicted molar refractivity (Wildman–Crippen MR) is 61.5 cm³/mol.